The molecule has 0 spiro atoms. The van der Waals surface area contributed by atoms with E-state index in [9.17, 15) is 0 Å². The SMILES string of the molecule is CC(C)Oc1ncccc1CNc1ccc(N)cn1. The van der Waals surface area contributed by atoms with Gasteiger partial charge in [0.2, 0.25) is 5.88 Å². The second-order valence-corrected chi connectivity index (χ2v) is 4.46. The average Bonchev–Trinajstić information content (AvgIpc) is 2.39. The zero-order valence-corrected chi connectivity index (χ0v) is 11.1. The van der Waals surface area contributed by atoms with Crippen molar-refractivity contribution in [2.45, 2.75) is 26.5 Å². The Morgan fingerprint density at radius 2 is 2.11 bits per heavy atom. The predicted molar refractivity (Wildman–Crippen MR) is 76.0 cm³/mol. The van der Waals surface area contributed by atoms with Crippen molar-refractivity contribution in [1.82, 2.24) is 9.97 Å². The van der Waals surface area contributed by atoms with Gasteiger partial charge < -0.3 is 15.8 Å². The van der Waals surface area contributed by atoms with E-state index in [1.54, 1.807) is 12.4 Å². The van der Waals surface area contributed by atoms with E-state index in [0.29, 0.717) is 18.1 Å². The van der Waals surface area contributed by atoms with E-state index in [-0.39, 0.29) is 6.10 Å². The van der Waals surface area contributed by atoms with Crippen molar-refractivity contribution in [3.8, 4) is 5.88 Å². The lowest BCUT2D eigenvalue weighted by atomic mass is 10.2. The van der Waals surface area contributed by atoms with Gasteiger partial charge in [-0.1, -0.05) is 6.07 Å². The lowest BCUT2D eigenvalue weighted by Gasteiger charge is -2.13. The quantitative estimate of drug-likeness (QED) is 0.861. The molecule has 0 unspecified atom stereocenters. The van der Waals surface area contributed by atoms with Crippen molar-refractivity contribution >= 4 is 11.5 Å². The van der Waals surface area contributed by atoms with Crippen molar-refractivity contribution in [3.63, 3.8) is 0 Å². The maximum absolute atomic E-state index is 5.66. The van der Waals surface area contributed by atoms with Crippen molar-refractivity contribution in [2.75, 3.05) is 11.1 Å². The topological polar surface area (TPSA) is 73.1 Å². The van der Waals surface area contributed by atoms with E-state index < -0.39 is 0 Å². The van der Waals surface area contributed by atoms with Gasteiger partial charge in [0.15, 0.2) is 0 Å². The highest BCUT2D eigenvalue weighted by Crippen LogP contribution is 2.17. The Hall–Kier alpha value is -2.30. The molecule has 0 bridgehead atoms. The van der Waals surface area contributed by atoms with Gasteiger partial charge in [0.25, 0.3) is 0 Å². The lowest BCUT2D eigenvalue weighted by Crippen LogP contribution is -2.11. The van der Waals surface area contributed by atoms with Gasteiger partial charge in [-0.3, -0.25) is 0 Å². The maximum atomic E-state index is 5.66. The number of pyridine rings is 2. The number of nitrogens with zero attached hydrogens (tertiary/aromatic N) is 2. The van der Waals surface area contributed by atoms with Gasteiger partial charge in [-0.05, 0) is 32.0 Å². The highest BCUT2D eigenvalue weighted by atomic mass is 16.5. The molecule has 0 aliphatic heterocycles. The third kappa shape index (κ3) is 3.84. The Balaban J connectivity index is 2.04. The minimum Gasteiger partial charge on any atom is -0.475 e. The normalized spacial score (nSPS) is 10.5. The highest BCUT2D eigenvalue weighted by Gasteiger charge is 2.06. The van der Waals surface area contributed by atoms with Crippen LogP contribution in [0.15, 0.2) is 36.7 Å². The molecule has 0 radical (unpaired) electrons. The Labute approximate surface area is 112 Å². The van der Waals surface area contributed by atoms with Crippen molar-refractivity contribution in [3.05, 3.63) is 42.2 Å². The second-order valence-electron chi connectivity index (χ2n) is 4.46. The van der Waals surface area contributed by atoms with Gasteiger partial charge in [-0.25, -0.2) is 9.97 Å². The molecule has 0 atom stereocenters. The number of nitrogens with one attached hydrogen (secondary N) is 1. The molecule has 0 aliphatic carbocycles. The molecule has 2 rings (SSSR count). The molecule has 0 saturated heterocycles. The van der Waals surface area contributed by atoms with Crippen LogP contribution in [0, 0.1) is 0 Å². The monoisotopic (exact) mass is 258 g/mol. The first-order valence-corrected chi connectivity index (χ1v) is 6.21. The molecule has 3 N–H and O–H groups in total. The number of nitrogens with two attached hydrogens (primary N) is 1. The zero-order chi connectivity index (χ0) is 13.7. The number of aromatic nitrogens is 2. The standard InChI is InChI=1S/C14H18N4O/c1-10(2)19-14-11(4-3-7-16-14)8-17-13-6-5-12(15)9-18-13/h3-7,9-10H,8,15H2,1-2H3,(H,17,18). The molecule has 0 aromatic carbocycles. The molecular weight excluding hydrogens is 240 g/mol. The smallest absolute Gasteiger partial charge is 0.218 e. The number of hydrogen-bond acceptors (Lipinski definition) is 5. The third-order valence-corrected chi connectivity index (χ3v) is 2.44. The predicted octanol–water partition coefficient (Wildman–Crippen LogP) is 2.46. The van der Waals surface area contributed by atoms with Gasteiger partial charge in [-0.15, -0.1) is 0 Å². The summed E-state index contributed by atoms with van der Waals surface area (Å²) in [4.78, 5) is 8.43. The van der Waals surface area contributed by atoms with Gasteiger partial charge in [-0.2, -0.15) is 0 Å². The fraction of sp³-hybridized carbons (Fsp3) is 0.286. The summed E-state index contributed by atoms with van der Waals surface area (Å²) in [6, 6.07) is 7.52. The van der Waals surface area contributed by atoms with Crippen LogP contribution in [0.1, 0.15) is 19.4 Å². The van der Waals surface area contributed by atoms with Crippen LogP contribution in [0.25, 0.3) is 0 Å². The molecular formula is C14H18N4O. The Kier molecular flexibility index (Phi) is 4.18. The summed E-state index contributed by atoms with van der Waals surface area (Å²) in [7, 11) is 0. The molecule has 0 saturated carbocycles. The average molecular weight is 258 g/mol. The van der Waals surface area contributed by atoms with E-state index in [0.717, 1.165) is 11.4 Å². The van der Waals surface area contributed by atoms with Crippen molar-refractivity contribution in [1.29, 1.82) is 0 Å². The van der Waals surface area contributed by atoms with Gasteiger partial charge in [0.05, 0.1) is 18.0 Å². The van der Waals surface area contributed by atoms with Crippen LogP contribution in [0.3, 0.4) is 0 Å². The van der Waals surface area contributed by atoms with Crippen LogP contribution in [0.4, 0.5) is 11.5 Å². The molecule has 2 aromatic heterocycles. The first kappa shape index (κ1) is 13.1. The molecule has 2 heterocycles. The van der Waals surface area contributed by atoms with Crippen LogP contribution in [0.5, 0.6) is 5.88 Å². The lowest BCUT2D eigenvalue weighted by molar-refractivity contribution is 0.230. The van der Waals surface area contributed by atoms with Crippen molar-refractivity contribution < 1.29 is 4.74 Å². The number of hydrogen-bond donors (Lipinski definition) is 2. The summed E-state index contributed by atoms with van der Waals surface area (Å²) in [5.41, 5.74) is 7.24. The van der Waals surface area contributed by atoms with Crippen LogP contribution in [-0.4, -0.2) is 16.1 Å². The number of rotatable bonds is 5. The molecule has 0 aliphatic rings. The Bertz CT molecular complexity index is 525. The molecule has 5 nitrogen and oxygen atoms in total. The summed E-state index contributed by atoms with van der Waals surface area (Å²) in [6.45, 7) is 4.56. The summed E-state index contributed by atoms with van der Waals surface area (Å²) in [6.07, 6.45) is 3.45. The van der Waals surface area contributed by atoms with Gasteiger partial charge >= 0.3 is 0 Å². The summed E-state index contributed by atoms with van der Waals surface area (Å²) >= 11 is 0. The third-order valence-electron chi connectivity index (χ3n) is 2.44. The van der Waals surface area contributed by atoms with Gasteiger partial charge in [0, 0.05) is 18.3 Å². The van der Waals surface area contributed by atoms with E-state index in [4.69, 9.17) is 10.5 Å². The fourth-order valence-corrected chi connectivity index (χ4v) is 1.58. The Morgan fingerprint density at radius 3 is 2.79 bits per heavy atom. The van der Waals surface area contributed by atoms with Crippen LogP contribution in [0.2, 0.25) is 0 Å². The first-order valence-electron chi connectivity index (χ1n) is 6.21. The molecule has 5 heteroatoms. The van der Waals surface area contributed by atoms with Crippen molar-refractivity contribution in [2.24, 2.45) is 0 Å². The maximum Gasteiger partial charge on any atom is 0.218 e. The summed E-state index contributed by atoms with van der Waals surface area (Å²) < 4.78 is 5.66. The van der Waals surface area contributed by atoms with Crippen LogP contribution < -0.4 is 15.8 Å². The highest BCUT2D eigenvalue weighted by molar-refractivity contribution is 5.44. The number of ether oxygens (including phenoxy) is 1. The van der Waals surface area contributed by atoms with E-state index in [1.807, 2.05) is 38.1 Å². The summed E-state index contributed by atoms with van der Waals surface area (Å²) in [5, 5.41) is 3.22. The van der Waals surface area contributed by atoms with E-state index in [1.165, 1.54) is 0 Å². The minimum atomic E-state index is 0.100. The number of nitrogen functional groups attached to an aromatic ring is 1. The minimum absolute atomic E-state index is 0.100. The molecule has 0 fully saturated rings. The summed E-state index contributed by atoms with van der Waals surface area (Å²) in [5.74, 6) is 1.42. The molecule has 0 amide bonds. The van der Waals surface area contributed by atoms with Crippen LogP contribution >= 0.6 is 0 Å². The van der Waals surface area contributed by atoms with Crippen LogP contribution in [-0.2, 0) is 6.54 Å². The van der Waals surface area contributed by atoms with Gasteiger partial charge in [0.1, 0.15) is 5.82 Å². The largest absolute Gasteiger partial charge is 0.475 e. The number of anilines is 2. The second kappa shape index (κ2) is 6.04. The molecule has 2 aromatic rings. The fourth-order valence-electron chi connectivity index (χ4n) is 1.58. The van der Waals surface area contributed by atoms with E-state index >= 15 is 0 Å². The van der Waals surface area contributed by atoms with E-state index in [2.05, 4.69) is 15.3 Å². The molecule has 19 heavy (non-hydrogen) atoms. The first-order chi connectivity index (χ1) is 9.15. The molecule has 100 valence electrons. The zero-order valence-electron chi connectivity index (χ0n) is 11.1. The Morgan fingerprint density at radius 1 is 1.26 bits per heavy atom.